The molecule has 3 heterocycles. The van der Waals surface area contributed by atoms with E-state index >= 15 is 0 Å². The number of urea groups is 1. The molecule has 0 saturated heterocycles. The number of methoxy groups -OCH3 is 1. The Labute approximate surface area is 177 Å². The van der Waals surface area contributed by atoms with E-state index in [1.54, 1.807) is 68.3 Å². The van der Waals surface area contributed by atoms with Crippen molar-refractivity contribution in [1.82, 2.24) is 25.1 Å². The number of hydrogen-bond acceptors (Lipinski definition) is 5. The number of benzene rings is 1. The number of amides is 2. The summed E-state index contributed by atoms with van der Waals surface area (Å²) in [5, 5.41) is 8.46. The number of carbonyl (C=O) groups excluding carboxylic acids is 1. The van der Waals surface area contributed by atoms with Crippen molar-refractivity contribution in [1.29, 1.82) is 0 Å². The van der Waals surface area contributed by atoms with Gasteiger partial charge in [0.2, 0.25) is 0 Å². The number of aromatic amines is 1. The van der Waals surface area contributed by atoms with Crippen molar-refractivity contribution in [2.45, 2.75) is 6.54 Å². The minimum atomic E-state index is -0.376. The van der Waals surface area contributed by atoms with E-state index in [1.165, 1.54) is 4.68 Å². The largest absolute Gasteiger partial charge is 0.495 e. The van der Waals surface area contributed by atoms with Gasteiger partial charge in [0.25, 0.3) is 5.56 Å². The molecule has 156 valence electrons. The van der Waals surface area contributed by atoms with Crippen LogP contribution in [0.25, 0.3) is 16.9 Å². The fourth-order valence-electron chi connectivity index (χ4n) is 3.06. The molecule has 0 bridgehead atoms. The first-order valence-corrected chi connectivity index (χ1v) is 9.49. The quantitative estimate of drug-likeness (QED) is 0.447. The van der Waals surface area contributed by atoms with E-state index in [9.17, 15) is 9.59 Å². The lowest BCUT2D eigenvalue weighted by atomic mass is 10.2. The van der Waals surface area contributed by atoms with E-state index in [4.69, 9.17) is 4.74 Å². The maximum atomic E-state index is 12.8. The molecule has 2 amide bonds. The van der Waals surface area contributed by atoms with Crippen LogP contribution >= 0.6 is 0 Å². The molecular formula is C22H20N6O3. The first-order chi connectivity index (χ1) is 15.2. The predicted octanol–water partition coefficient (Wildman–Crippen LogP) is 2.95. The van der Waals surface area contributed by atoms with Gasteiger partial charge in [-0.15, -0.1) is 0 Å². The van der Waals surface area contributed by atoms with Crippen molar-refractivity contribution < 1.29 is 9.53 Å². The highest BCUT2D eigenvalue weighted by atomic mass is 16.5. The maximum Gasteiger partial charge on any atom is 0.319 e. The van der Waals surface area contributed by atoms with Crippen molar-refractivity contribution in [3.05, 3.63) is 89.2 Å². The molecule has 0 aliphatic heterocycles. The number of aromatic nitrogens is 4. The molecule has 0 fully saturated rings. The molecule has 1 aromatic carbocycles. The maximum absolute atomic E-state index is 12.8. The average Bonchev–Trinajstić information content (AvgIpc) is 3.20. The summed E-state index contributed by atoms with van der Waals surface area (Å²) in [6.45, 7) is 0.251. The van der Waals surface area contributed by atoms with E-state index in [0.29, 0.717) is 28.4 Å². The molecule has 0 saturated carbocycles. The smallest absolute Gasteiger partial charge is 0.319 e. The molecule has 0 unspecified atom stereocenters. The Morgan fingerprint density at radius 3 is 2.84 bits per heavy atom. The highest BCUT2D eigenvalue weighted by molar-refractivity contribution is 5.90. The van der Waals surface area contributed by atoms with E-state index in [2.05, 4.69) is 25.7 Å². The topological polar surface area (TPSA) is 114 Å². The van der Waals surface area contributed by atoms with Crippen LogP contribution in [0.1, 0.15) is 5.56 Å². The lowest BCUT2D eigenvalue weighted by molar-refractivity contribution is 0.251. The number of hydrogen-bond donors (Lipinski definition) is 3. The van der Waals surface area contributed by atoms with Crippen LogP contribution in [0.3, 0.4) is 0 Å². The van der Waals surface area contributed by atoms with Crippen LogP contribution in [-0.4, -0.2) is 32.9 Å². The van der Waals surface area contributed by atoms with Gasteiger partial charge in [-0.25, -0.2) is 14.5 Å². The van der Waals surface area contributed by atoms with Crippen LogP contribution < -0.4 is 20.9 Å². The Kier molecular flexibility index (Phi) is 5.75. The highest BCUT2D eigenvalue weighted by Crippen LogP contribution is 2.22. The molecule has 4 aromatic rings. The average molecular weight is 416 g/mol. The number of anilines is 1. The zero-order valence-electron chi connectivity index (χ0n) is 16.7. The Morgan fingerprint density at radius 2 is 2.03 bits per heavy atom. The van der Waals surface area contributed by atoms with Gasteiger partial charge in [-0.1, -0.05) is 18.2 Å². The van der Waals surface area contributed by atoms with Crippen LogP contribution in [0.2, 0.25) is 0 Å². The van der Waals surface area contributed by atoms with Crippen molar-refractivity contribution in [2.24, 2.45) is 0 Å². The lowest BCUT2D eigenvalue weighted by Gasteiger charge is -2.11. The number of nitrogens with zero attached hydrogens (tertiary/aromatic N) is 3. The number of para-hydroxylation sites is 2. The summed E-state index contributed by atoms with van der Waals surface area (Å²) in [5.74, 6) is 0.990. The number of rotatable bonds is 6. The summed E-state index contributed by atoms with van der Waals surface area (Å²) >= 11 is 0. The van der Waals surface area contributed by atoms with Gasteiger partial charge in [-0.2, -0.15) is 0 Å². The molecule has 31 heavy (non-hydrogen) atoms. The van der Waals surface area contributed by atoms with Crippen LogP contribution in [0.15, 0.2) is 78.1 Å². The van der Waals surface area contributed by atoms with Crippen LogP contribution in [0.5, 0.6) is 5.75 Å². The standard InChI is InChI=1S/C22H20N6O3/c1-31-19-7-3-2-6-18(19)27-22(30)25-12-15-8-10-24-20(11-15)28-21(29)17(14-26-28)16-5-4-9-23-13-16/h2-11,13-14,26H,12H2,1H3,(H2,25,27,30). The molecule has 9 heteroatoms. The molecule has 0 aliphatic carbocycles. The number of H-pyrrole nitrogens is 1. The highest BCUT2D eigenvalue weighted by Gasteiger charge is 2.12. The summed E-state index contributed by atoms with van der Waals surface area (Å²) in [6.07, 6.45) is 6.48. The molecule has 0 radical (unpaired) electrons. The van der Waals surface area contributed by atoms with E-state index in [0.717, 1.165) is 5.56 Å². The summed E-state index contributed by atoms with van der Waals surface area (Å²) in [4.78, 5) is 33.4. The second-order valence-corrected chi connectivity index (χ2v) is 6.60. The fourth-order valence-corrected chi connectivity index (χ4v) is 3.06. The van der Waals surface area contributed by atoms with Crippen molar-refractivity contribution in [3.63, 3.8) is 0 Å². The monoisotopic (exact) mass is 416 g/mol. The Morgan fingerprint density at radius 1 is 1.16 bits per heavy atom. The van der Waals surface area contributed by atoms with Gasteiger partial charge >= 0.3 is 6.03 Å². The molecule has 4 rings (SSSR count). The normalized spacial score (nSPS) is 10.5. The summed E-state index contributed by atoms with van der Waals surface area (Å²) in [6, 6.07) is 13.8. The fraction of sp³-hybridized carbons (Fsp3) is 0.0909. The number of carbonyl (C=O) groups is 1. The lowest BCUT2D eigenvalue weighted by Crippen LogP contribution is -2.28. The third kappa shape index (κ3) is 4.45. The van der Waals surface area contributed by atoms with Gasteiger partial charge in [0.15, 0.2) is 5.82 Å². The molecule has 0 spiro atoms. The number of ether oxygens (including phenoxy) is 1. The second kappa shape index (κ2) is 8.95. The SMILES string of the molecule is COc1ccccc1NC(=O)NCc1ccnc(-n2[nH]cc(-c3cccnc3)c2=O)c1. The third-order valence-electron chi connectivity index (χ3n) is 4.59. The van der Waals surface area contributed by atoms with Crippen LogP contribution in [-0.2, 0) is 6.54 Å². The Bertz CT molecular complexity index is 1250. The van der Waals surface area contributed by atoms with Crippen LogP contribution in [0.4, 0.5) is 10.5 Å². The van der Waals surface area contributed by atoms with Gasteiger partial charge in [-0.05, 0) is 35.9 Å². The van der Waals surface area contributed by atoms with Gasteiger partial charge in [0.05, 0.1) is 18.4 Å². The zero-order valence-corrected chi connectivity index (χ0v) is 16.7. The molecule has 9 nitrogen and oxygen atoms in total. The predicted molar refractivity (Wildman–Crippen MR) is 116 cm³/mol. The first-order valence-electron chi connectivity index (χ1n) is 9.49. The molecular weight excluding hydrogens is 396 g/mol. The van der Waals surface area contributed by atoms with Gasteiger partial charge in [0, 0.05) is 36.9 Å². The van der Waals surface area contributed by atoms with E-state index < -0.39 is 0 Å². The Hall–Kier alpha value is -4.40. The minimum absolute atomic E-state index is 0.237. The number of nitrogens with one attached hydrogen (secondary N) is 3. The summed E-state index contributed by atoms with van der Waals surface area (Å²) in [7, 11) is 1.54. The van der Waals surface area contributed by atoms with Crippen molar-refractivity contribution in [3.8, 4) is 22.7 Å². The van der Waals surface area contributed by atoms with E-state index in [-0.39, 0.29) is 18.1 Å². The molecule has 0 atom stereocenters. The van der Waals surface area contributed by atoms with Gasteiger partial charge in [0.1, 0.15) is 5.75 Å². The minimum Gasteiger partial charge on any atom is -0.495 e. The molecule has 3 aromatic heterocycles. The number of pyridine rings is 2. The van der Waals surface area contributed by atoms with Gasteiger partial charge < -0.3 is 15.4 Å². The molecule has 3 N–H and O–H groups in total. The van der Waals surface area contributed by atoms with Crippen molar-refractivity contribution in [2.75, 3.05) is 12.4 Å². The summed E-state index contributed by atoms with van der Waals surface area (Å²) in [5.41, 5.74) is 2.32. The van der Waals surface area contributed by atoms with Crippen LogP contribution in [0, 0.1) is 0 Å². The third-order valence-corrected chi connectivity index (χ3v) is 4.59. The second-order valence-electron chi connectivity index (χ2n) is 6.60. The van der Waals surface area contributed by atoms with Crippen molar-refractivity contribution >= 4 is 11.7 Å². The first kappa shape index (κ1) is 19.9. The zero-order chi connectivity index (χ0) is 21.6. The summed E-state index contributed by atoms with van der Waals surface area (Å²) < 4.78 is 6.58. The van der Waals surface area contributed by atoms with E-state index in [1.807, 2.05) is 12.1 Å². The van der Waals surface area contributed by atoms with Gasteiger partial charge in [-0.3, -0.25) is 14.9 Å². The molecule has 0 aliphatic rings. The Balaban J connectivity index is 1.46.